The summed E-state index contributed by atoms with van der Waals surface area (Å²) in [5.74, 6) is -0.521. The third-order valence-electron chi connectivity index (χ3n) is 3.68. The molecule has 0 N–H and O–H groups in total. The van der Waals surface area contributed by atoms with Gasteiger partial charge >= 0.3 is 5.97 Å². The Balaban J connectivity index is 1.51. The Morgan fingerprint density at radius 2 is 1.65 bits per heavy atom. The summed E-state index contributed by atoms with van der Waals surface area (Å²) in [6.07, 6.45) is -0.225. The molecule has 134 valence electrons. The van der Waals surface area contributed by atoms with Gasteiger partial charge in [0.25, 0.3) is 0 Å². The first-order chi connectivity index (χ1) is 12.5. The molecule has 0 unspecified atom stereocenters. The van der Waals surface area contributed by atoms with Gasteiger partial charge in [-0.1, -0.05) is 53.7 Å². The topological polar surface area (TPSA) is 86.5 Å². The number of esters is 1. The Labute approximate surface area is 151 Å². The zero-order chi connectivity index (χ0) is 18.4. The molecule has 0 fully saturated rings. The Kier molecular flexibility index (Phi) is 5.48. The summed E-state index contributed by atoms with van der Waals surface area (Å²) in [6.45, 7) is -0.0932. The predicted molar refractivity (Wildman–Crippen MR) is 94.8 cm³/mol. The third kappa shape index (κ3) is 4.58. The Hall–Kier alpha value is -2.93. The minimum absolute atomic E-state index is 0.0932. The Morgan fingerprint density at radius 3 is 2.35 bits per heavy atom. The zero-order valence-electron chi connectivity index (χ0n) is 13.9. The molecular weight excluding hydrogens is 354 g/mol. The van der Waals surface area contributed by atoms with E-state index in [2.05, 4.69) is 5.16 Å². The predicted octanol–water partition coefficient (Wildman–Crippen LogP) is 3.25. The van der Waals surface area contributed by atoms with Crippen LogP contribution in [-0.4, -0.2) is 25.3 Å². The standard InChI is InChI=1S/C19H17NO5S/c21-19(11-12-26(22,23)17-9-5-2-6-10-17)24-14-16-13-18(20-25-16)15-7-3-1-4-8-15/h1-10,13H,11-12,14H2. The fraction of sp³-hybridized carbons (Fsp3) is 0.158. The molecule has 0 saturated heterocycles. The molecule has 0 saturated carbocycles. The van der Waals surface area contributed by atoms with Gasteiger partial charge in [-0.05, 0) is 12.1 Å². The summed E-state index contributed by atoms with van der Waals surface area (Å²) >= 11 is 0. The first-order valence-corrected chi connectivity index (χ1v) is 9.64. The molecule has 0 aliphatic heterocycles. The molecule has 0 amide bonds. The molecule has 0 bridgehead atoms. The number of ether oxygens (including phenoxy) is 1. The molecule has 3 rings (SSSR count). The van der Waals surface area contributed by atoms with Crippen LogP contribution in [0.4, 0.5) is 0 Å². The van der Waals surface area contributed by atoms with Crippen LogP contribution < -0.4 is 0 Å². The van der Waals surface area contributed by atoms with E-state index >= 15 is 0 Å². The van der Waals surface area contributed by atoms with Gasteiger partial charge in [0.2, 0.25) is 0 Å². The zero-order valence-corrected chi connectivity index (χ0v) is 14.7. The van der Waals surface area contributed by atoms with Crippen molar-refractivity contribution in [3.8, 4) is 11.3 Å². The van der Waals surface area contributed by atoms with Gasteiger partial charge < -0.3 is 9.26 Å². The van der Waals surface area contributed by atoms with Crippen LogP contribution in [-0.2, 0) is 26.0 Å². The second-order valence-electron chi connectivity index (χ2n) is 5.59. The van der Waals surface area contributed by atoms with Crippen molar-refractivity contribution in [2.24, 2.45) is 0 Å². The molecule has 0 spiro atoms. The summed E-state index contributed by atoms with van der Waals surface area (Å²) in [5.41, 5.74) is 1.53. The molecule has 1 heterocycles. The van der Waals surface area contributed by atoms with Gasteiger partial charge in [0, 0.05) is 11.6 Å². The first-order valence-electron chi connectivity index (χ1n) is 7.99. The number of sulfone groups is 1. The summed E-state index contributed by atoms with van der Waals surface area (Å²) in [7, 11) is -3.51. The number of rotatable bonds is 7. The molecule has 0 radical (unpaired) electrons. The van der Waals surface area contributed by atoms with Gasteiger partial charge in [-0.3, -0.25) is 4.79 Å². The molecule has 7 heteroatoms. The van der Waals surface area contributed by atoms with Crippen LogP contribution in [0, 0.1) is 0 Å². The van der Waals surface area contributed by atoms with Crippen LogP contribution in [0.3, 0.4) is 0 Å². The van der Waals surface area contributed by atoms with E-state index in [-0.39, 0.29) is 23.7 Å². The van der Waals surface area contributed by atoms with Crippen molar-refractivity contribution in [3.63, 3.8) is 0 Å². The Bertz CT molecular complexity index is 965. The number of carbonyl (C=O) groups is 1. The van der Waals surface area contributed by atoms with Crippen LogP contribution in [0.25, 0.3) is 11.3 Å². The maximum Gasteiger partial charge on any atom is 0.307 e. The molecule has 6 nitrogen and oxygen atoms in total. The lowest BCUT2D eigenvalue weighted by atomic mass is 10.1. The van der Waals surface area contributed by atoms with E-state index in [0.717, 1.165) is 5.56 Å². The number of hydrogen-bond acceptors (Lipinski definition) is 6. The highest BCUT2D eigenvalue weighted by Gasteiger charge is 2.17. The normalized spacial score (nSPS) is 11.2. The lowest BCUT2D eigenvalue weighted by Gasteiger charge is -2.04. The van der Waals surface area contributed by atoms with Crippen LogP contribution in [0.1, 0.15) is 12.2 Å². The molecule has 3 aromatic rings. The van der Waals surface area contributed by atoms with Crippen molar-refractivity contribution in [3.05, 3.63) is 72.5 Å². The second-order valence-corrected chi connectivity index (χ2v) is 7.70. The van der Waals surface area contributed by atoms with Gasteiger partial charge in [0.05, 0.1) is 17.1 Å². The van der Waals surface area contributed by atoms with Gasteiger partial charge in [0.1, 0.15) is 5.69 Å². The van der Waals surface area contributed by atoms with Gasteiger partial charge in [-0.2, -0.15) is 0 Å². The average Bonchev–Trinajstić information content (AvgIpc) is 3.15. The highest BCUT2D eigenvalue weighted by atomic mass is 32.2. The van der Waals surface area contributed by atoms with E-state index in [4.69, 9.17) is 9.26 Å². The van der Waals surface area contributed by atoms with Gasteiger partial charge in [0.15, 0.2) is 22.2 Å². The summed E-state index contributed by atoms with van der Waals surface area (Å²) < 4.78 is 34.5. The van der Waals surface area contributed by atoms with Crippen LogP contribution in [0.2, 0.25) is 0 Å². The molecule has 2 aromatic carbocycles. The molecular formula is C19H17NO5S. The van der Waals surface area contributed by atoms with E-state index in [1.54, 1.807) is 24.3 Å². The molecule has 0 atom stereocenters. The third-order valence-corrected chi connectivity index (χ3v) is 5.41. The summed E-state index contributed by atoms with van der Waals surface area (Å²) in [6, 6.07) is 19.1. The number of aromatic nitrogens is 1. The Morgan fingerprint density at radius 1 is 1.00 bits per heavy atom. The van der Waals surface area contributed by atoms with E-state index in [1.165, 1.54) is 12.1 Å². The molecule has 0 aliphatic carbocycles. The van der Waals surface area contributed by atoms with E-state index in [9.17, 15) is 13.2 Å². The number of nitrogens with zero attached hydrogens (tertiary/aromatic N) is 1. The van der Waals surface area contributed by atoms with Crippen molar-refractivity contribution >= 4 is 15.8 Å². The summed E-state index contributed by atoms with van der Waals surface area (Å²) in [4.78, 5) is 12.0. The fourth-order valence-corrected chi connectivity index (χ4v) is 3.56. The second kappa shape index (κ2) is 7.97. The number of hydrogen-bond donors (Lipinski definition) is 0. The maximum atomic E-state index is 12.1. The lowest BCUT2D eigenvalue weighted by Crippen LogP contribution is -2.13. The number of benzene rings is 2. The minimum Gasteiger partial charge on any atom is -0.457 e. The monoisotopic (exact) mass is 371 g/mol. The van der Waals surface area contributed by atoms with Crippen LogP contribution >= 0.6 is 0 Å². The van der Waals surface area contributed by atoms with Crippen molar-refractivity contribution < 1.29 is 22.5 Å². The van der Waals surface area contributed by atoms with E-state index < -0.39 is 15.8 Å². The fourth-order valence-electron chi connectivity index (χ4n) is 2.31. The SMILES string of the molecule is O=C(CCS(=O)(=O)c1ccccc1)OCc1cc(-c2ccccc2)no1. The summed E-state index contributed by atoms with van der Waals surface area (Å²) in [5, 5.41) is 3.93. The van der Waals surface area contributed by atoms with Crippen molar-refractivity contribution in [1.29, 1.82) is 0 Å². The largest absolute Gasteiger partial charge is 0.457 e. The smallest absolute Gasteiger partial charge is 0.307 e. The number of carbonyl (C=O) groups excluding carboxylic acids is 1. The van der Waals surface area contributed by atoms with Gasteiger partial charge in [-0.25, -0.2) is 8.42 Å². The quantitative estimate of drug-likeness (QED) is 0.593. The van der Waals surface area contributed by atoms with E-state index in [1.807, 2.05) is 30.3 Å². The highest BCUT2D eigenvalue weighted by molar-refractivity contribution is 7.91. The average molecular weight is 371 g/mol. The van der Waals surface area contributed by atoms with Crippen LogP contribution in [0.5, 0.6) is 0 Å². The van der Waals surface area contributed by atoms with Crippen molar-refractivity contribution in [2.75, 3.05) is 5.75 Å². The molecule has 26 heavy (non-hydrogen) atoms. The highest BCUT2D eigenvalue weighted by Crippen LogP contribution is 2.19. The van der Waals surface area contributed by atoms with Gasteiger partial charge in [-0.15, -0.1) is 0 Å². The van der Waals surface area contributed by atoms with E-state index in [0.29, 0.717) is 11.5 Å². The lowest BCUT2D eigenvalue weighted by molar-refractivity contribution is -0.145. The van der Waals surface area contributed by atoms with Crippen molar-refractivity contribution in [1.82, 2.24) is 5.16 Å². The maximum absolute atomic E-state index is 12.1. The van der Waals surface area contributed by atoms with Crippen LogP contribution in [0.15, 0.2) is 76.1 Å². The minimum atomic E-state index is -3.51. The first kappa shape index (κ1) is 17.9. The van der Waals surface area contributed by atoms with Crippen molar-refractivity contribution in [2.45, 2.75) is 17.9 Å². The molecule has 1 aromatic heterocycles. The molecule has 0 aliphatic rings.